The van der Waals surface area contributed by atoms with E-state index in [2.05, 4.69) is 5.43 Å². The first-order valence-corrected chi connectivity index (χ1v) is 6.97. The first-order valence-electron chi connectivity index (χ1n) is 6.97. The van der Waals surface area contributed by atoms with Crippen LogP contribution in [0.3, 0.4) is 0 Å². The normalized spacial score (nSPS) is 18.2. The van der Waals surface area contributed by atoms with Crippen LogP contribution in [0.5, 0.6) is 0 Å². The highest BCUT2D eigenvalue weighted by molar-refractivity contribution is 5.68. The Morgan fingerprint density at radius 1 is 1.16 bits per heavy atom. The van der Waals surface area contributed by atoms with Gasteiger partial charge in [-0.2, -0.15) is 0 Å². The lowest BCUT2D eigenvalue weighted by Gasteiger charge is -2.40. The van der Waals surface area contributed by atoms with E-state index >= 15 is 0 Å². The fraction of sp³-hybridized carbons (Fsp3) is 0.929. The third-order valence-corrected chi connectivity index (χ3v) is 2.78. The van der Waals surface area contributed by atoms with Gasteiger partial charge in [-0.3, -0.25) is 0 Å². The van der Waals surface area contributed by atoms with Crippen molar-refractivity contribution in [1.82, 2.24) is 10.4 Å². The molecular weight excluding hydrogens is 244 g/mol. The summed E-state index contributed by atoms with van der Waals surface area (Å²) in [6, 6.07) is 0.264. The average Bonchev–Trinajstić information content (AvgIpc) is 2.23. The molecular formula is C14H28N2O3. The third kappa shape index (κ3) is 5.78. The highest BCUT2D eigenvalue weighted by Crippen LogP contribution is 2.18. The fourth-order valence-corrected chi connectivity index (χ4v) is 1.84. The van der Waals surface area contributed by atoms with Crippen LogP contribution in [0.2, 0.25) is 0 Å². The van der Waals surface area contributed by atoms with Crippen molar-refractivity contribution >= 4 is 6.09 Å². The van der Waals surface area contributed by atoms with Gasteiger partial charge in [0.1, 0.15) is 5.60 Å². The molecule has 0 saturated carbocycles. The molecule has 1 aliphatic rings. The lowest BCUT2D eigenvalue weighted by Crippen LogP contribution is -2.58. The molecule has 0 aliphatic carbocycles. The number of rotatable bonds is 2. The summed E-state index contributed by atoms with van der Waals surface area (Å²) in [5.74, 6) is 0. The van der Waals surface area contributed by atoms with Crippen molar-refractivity contribution in [3.05, 3.63) is 0 Å². The lowest BCUT2D eigenvalue weighted by atomic mass is 10.1. The van der Waals surface area contributed by atoms with Gasteiger partial charge in [0, 0.05) is 19.3 Å². The molecule has 0 atom stereocenters. The van der Waals surface area contributed by atoms with Gasteiger partial charge in [-0.25, -0.2) is 15.2 Å². The van der Waals surface area contributed by atoms with Crippen molar-refractivity contribution in [3.8, 4) is 0 Å². The molecule has 1 rings (SSSR count). The second-order valence-corrected chi connectivity index (χ2v) is 7.00. The second kappa shape index (κ2) is 6.09. The molecule has 5 nitrogen and oxygen atoms in total. The van der Waals surface area contributed by atoms with Gasteiger partial charge < -0.3 is 9.47 Å². The quantitative estimate of drug-likeness (QED) is 0.785. The van der Waals surface area contributed by atoms with Gasteiger partial charge in [0.05, 0.1) is 5.54 Å². The highest BCUT2D eigenvalue weighted by atomic mass is 16.6. The summed E-state index contributed by atoms with van der Waals surface area (Å²) in [7, 11) is 0. The van der Waals surface area contributed by atoms with E-state index in [0.717, 1.165) is 26.1 Å². The van der Waals surface area contributed by atoms with E-state index < -0.39 is 5.60 Å². The summed E-state index contributed by atoms with van der Waals surface area (Å²) in [6.45, 7) is 13.1. The van der Waals surface area contributed by atoms with Crippen LogP contribution < -0.4 is 5.43 Å². The molecule has 1 saturated heterocycles. The van der Waals surface area contributed by atoms with Crippen LogP contribution in [0.15, 0.2) is 0 Å². The van der Waals surface area contributed by atoms with E-state index in [9.17, 15) is 4.79 Å². The molecule has 0 spiro atoms. The Balaban J connectivity index is 2.69. The number of ether oxygens (including phenoxy) is 2. The van der Waals surface area contributed by atoms with Crippen molar-refractivity contribution in [2.45, 2.75) is 71.6 Å². The number of hydrogen-bond donors (Lipinski definition) is 1. The number of carbonyl (C=O) groups is 1. The summed E-state index contributed by atoms with van der Waals surface area (Å²) in [5.41, 5.74) is 2.48. The minimum absolute atomic E-state index is 0.264. The average molecular weight is 272 g/mol. The molecule has 1 N–H and O–H groups in total. The Hall–Kier alpha value is -0.810. The minimum atomic E-state index is -0.488. The van der Waals surface area contributed by atoms with E-state index in [1.54, 1.807) is 5.01 Å². The second-order valence-electron chi connectivity index (χ2n) is 7.00. The standard InChI is InChI=1S/C14H28N2O3/c1-13(2,3)16(12(17)19-14(4,5)6)15-11-7-9-18-10-8-11/h11,15H,7-10H2,1-6H3. The Bertz CT molecular complexity index is 299. The number of nitrogens with zero attached hydrogens (tertiary/aromatic N) is 1. The van der Waals surface area contributed by atoms with Crippen LogP contribution in [0.4, 0.5) is 4.79 Å². The number of amides is 1. The van der Waals surface area contributed by atoms with Gasteiger partial charge >= 0.3 is 6.09 Å². The van der Waals surface area contributed by atoms with Crippen LogP contribution in [0.25, 0.3) is 0 Å². The van der Waals surface area contributed by atoms with Crippen molar-refractivity contribution in [2.75, 3.05) is 13.2 Å². The lowest BCUT2D eigenvalue weighted by molar-refractivity contribution is -0.0274. The molecule has 1 aliphatic heterocycles. The van der Waals surface area contributed by atoms with Crippen LogP contribution in [-0.2, 0) is 9.47 Å². The van der Waals surface area contributed by atoms with E-state index in [1.165, 1.54) is 0 Å². The SMILES string of the molecule is CC(C)(C)OC(=O)N(NC1CCOCC1)C(C)(C)C. The Labute approximate surface area is 116 Å². The Kier molecular flexibility index (Phi) is 5.21. The van der Waals surface area contributed by atoms with Crippen LogP contribution >= 0.6 is 0 Å². The summed E-state index contributed by atoms with van der Waals surface area (Å²) in [5, 5.41) is 1.61. The molecule has 0 aromatic heterocycles. The predicted molar refractivity (Wildman–Crippen MR) is 74.8 cm³/mol. The number of nitrogens with one attached hydrogen (secondary N) is 1. The molecule has 19 heavy (non-hydrogen) atoms. The first kappa shape index (κ1) is 16.2. The van der Waals surface area contributed by atoms with Crippen molar-refractivity contribution < 1.29 is 14.3 Å². The molecule has 1 amide bonds. The van der Waals surface area contributed by atoms with E-state index in [4.69, 9.17) is 9.47 Å². The van der Waals surface area contributed by atoms with Gasteiger partial charge in [0.15, 0.2) is 0 Å². The number of hydrogen-bond acceptors (Lipinski definition) is 4. The van der Waals surface area contributed by atoms with Crippen LogP contribution in [0, 0.1) is 0 Å². The van der Waals surface area contributed by atoms with Gasteiger partial charge in [0.25, 0.3) is 0 Å². The van der Waals surface area contributed by atoms with Gasteiger partial charge in [-0.05, 0) is 54.4 Å². The minimum Gasteiger partial charge on any atom is -0.443 e. The Morgan fingerprint density at radius 3 is 2.11 bits per heavy atom. The number of hydrazine groups is 1. The van der Waals surface area contributed by atoms with E-state index in [1.807, 2.05) is 41.5 Å². The molecule has 1 heterocycles. The summed E-state index contributed by atoms with van der Waals surface area (Å²) in [6.07, 6.45) is 1.50. The maximum absolute atomic E-state index is 12.3. The topological polar surface area (TPSA) is 50.8 Å². The third-order valence-electron chi connectivity index (χ3n) is 2.78. The molecule has 0 bridgehead atoms. The highest BCUT2D eigenvalue weighted by Gasteiger charge is 2.32. The predicted octanol–water partition coefficient (Wildman–Crippen LogP) is 2.71. The number of carbonyl (C=O) groups excluding carboxylic acids is 1. The van der Waals surface area contributed by atoms with Crippen LogP contribution in [0.1, 0.15) is 54.4 Å². The molecule has 0 unspecified atom stereocenters. The van der Waals surface area contributed by atoms with Crippen molar-refractivity contribution in [1.29, 1.82) is 0 Å². The zero-order valence-corrected chi connectivity index (χ0v) is 13.1. The molecule has 0 radical (unpaired) electrons. The summed E-state index contributed by atoms with van der Waals surface area (Å²) >= 11 is 0. The molecule has 0 aromatic rings. The van der Waals surface area contributed by atoms with Crippen LogP contribution in [-0.4, -0.2) is 41.5 Å². The Morgan fingerprint density at radius 2 is 1.68 bits per heavy atom. The fourth-order valence-electron chi connectivity index (χ4n) is 1.84. The first-order chi connectivity index (χ1) is 8.59. The maximum Gasteiger partial charge on any atom is 0.425 e. The van der Waals surface area contributed by atoms with Crippen molar-refractivity contribution in [2.24, 2.45) is 0 Å². The summed E-state index contributed by atoms with van der Waals surface area (Å²) < 4.78 is 10.8. The largest absolute Gasteiger partial charge is 0.443 e. The molecule has 1 fully saturated rings. The monoisotopic (exact) mass is 272 g/mol. The van der Waals surface area contributed by atoms with Crippen molar-refractivity contribution in [3.63, 3.8) is 0 Å². The zero-order chi connectivity index (χ0) is 14.7. The van der Waals surface area contributed by atoms with E-state index in [-0.39, 0.29) is 17.7 Å². The molecule has 5 heteroatoms. The summed E-state index contributed by atoms with van der Waals surface area (Å²) in [4.78, 5) is 12.3. The van der Waals surface area contributed by atoms with E-state index in [0.29, 0.717) is 0 Å². The van der Waals surface area contributed by atoms with Gasteiger partial charge in [0.2, 0.25) is 0 Å². The van der Waals surface area contributed by atoms with Gasteiger partial charge in [-0.15, -0.1) is 0 Å². The smallest absolute Gasteiger partial charge is 0.425 e. The van der Waals surface area contributed by atoms with Gasteiger partial charge in [-0.1, -0.05) is 0 Å². The zero-order valence-electron chi connectivity index (χ0n) is 13.1. The molecule has 112 valence electrons. The molecule has 0 aromatic carbocycles. The maximum atomic E-state index is 12.3.